The summed E-state index contributed by atoms with van der Waals surface area (Å²) in [6.45, 7) is 6.80. The second kappa shape index (κ2) is 14.7. The quantitative estimate of drug-likeness (QED) is 0.161. The fourth-order valence-electron chi connectivity index (χ4n) is 3.03. The van der Waals surface area contributed by atoms with Gasteiger partial charge >= 0.3 is 35.5 Å². The third-order valence-corrected chi connectivity index (χ3v) is 4.35. The molecule has 0 bridgehead atoms. The van der Waals surface area contributed by atoms with Crippen LogP contribution in [0.4, 0.5) is 0 Å². The molecule has 0 aliphatic rings. The fourth-order valence-corrected chi connectivity index (χ4v) is 3.03. The summed E-state index contributed by atoms with van der Waals surface area (Å²) in [5.41, 5.74) is 0. The first-order valence-corrected chi connectivity index (χ1v) is 8.82. The van der Waals surface area contributed by atoms with Gasteiger partial charge in [-0.05, 0) is 19.8 Å². The summed E-state index contributed by atoms with van der Waals surface area (Å²) in [6, 6.07) is 0. The number of hydrogen-bond acceptors (Lipinski definition) is 4. The van der Waals surface area contributed by atoms with Crippen LogP contribution in [-0.2, 0) is 9.59 Å². The Morgan fingerprint density at radius 2 is 1.64 bits per heavy atom. The van der Waals surface area contributed by atoms with Crippen molar-refractivity contribution in [3.05, 3.63) is 12.2 Å². The SMILES string of the molecule is CCC/C=C/CCC[N+](CCO)(CC(C)C(=O)[O-])CC(C)C(=O)O.[Na+]. The summed E-state index contributed by atoms with van der Waals surface area (Å²) >= 11 is 0. The second-order valence-corrected chi connectivity index (χ2v) is 6.74. The summed E-state index contributed by atoms with van der Waals surface area (Å²) < 4.78 is 0.292. The molecule has 3 unspecified atom stereocenters. The van der Waals surface area contributed by atoms with Crippen LogP contribution in [0.15, 0.2) is 12.2 Å². The number of rotatable bonds is 14. The molecule has 0 aliphatic heterocycles. The van der Waals surface area contributed by atoms with Gasteiger partial charge in [-0.25, -0.2) is 0 Å². The fraction of sp³-hybridized carbons (Fsp3) is 0.778. The molecule has 0 fully saturated rings. The van der Waals surface area contributed by atoms with Gasteiger partial charge in [0.1, 0.15) is 12.5 Å². The van der Waals surface area contributed by atoms with Crippen molar-refractivity contribution in [3.8, 4) is 0 Å². The number of aliphatic hydroxyl groups is 1. The van der Waals surface area contributed by atoms with Crippen molar-refractivity contribution in [2.75, 3.05) is 32.8 Å². The normalized spacial score (nSPS) is 16.0. The van der Waals surface area contributed by atoms with E-state index in [0.717, 1.165) is 25.7 Å². The number of carboxylic acid groups (broad SMARTS) is 2. The van der Waals surface area contributed by atoms with E-state index in [1.165, 1.54) is 0 Å². The number of carbonyl (C=O) groups is 2. The summed E-state index contributed by atoms with van der Waals surface area (Å²) in [7, 11) is 0. The third-order valence-electron chi connectivity index (χ3n) is 4.35. The Morgan fingerprint density at radius 3 is 2.12 bits per heavy atom. The molecule has 2 N–H and O–H groups in total. The van der Waals surface area contributed by atoms with E-state index < -0.39 is 23.8 Å². The molecule has 7 heteroatoms. The van der Waals surface area contributed by atoms with E-state index in [-0.39, 0.29) is 42.7 Å². The summed E-state index contributed by atoms with van der Waals surface area (Å²) in [5.74, 6) is -3.32. The van der Waals surface area contributed by atoms with Crippen molar-refractivity contribution in [1.82, 2.24) is 0 Å². The molecular weight excluding hydrogens is 333 g/mol. The Morgan fingerprint density at radius 1 is 1.08 bits per heavy atom. The van der Waals surface area contributed by atoms with Crippen LogP contribution < -0.4 is 34.7 Å². The van der Waals surface area contributed by atoms with E-state index in [1.54, 1.807) is 13.8 Å². The van der Waals surface area contributed by atoms with Gasteiger partial charge in [-0.3, -0.25) is 4.79 Å². The Hall–Kier alpha value is -0.400. The molecule has 0 rings (SSSR count). The van der Waals surface area contributed by atoms with Gasteiger partial charge in [-0.2, -0.15) is 0 Å². The number of hydrogen-bond donors (Lipinski definition) is 2. The Balaban J connectivity index is 0. The van der Waals surface area contributed by atoms with Crippen molar-refractivity contribution in [2.24, 2.45) is 11.8 Å². The Labute approximate surface area is 173 Å². The number of aliphatic hydroxyl groups excluding tert-OH is 1. The summed E-state index contributed by atoms with van der Waals surface area (Å²) in [5, 5.41) is 29.8. The molecule has 0 spiro atoms. The first kappa shape index (κ1) is 26.8. The summed E-state index contributed by atoms with van der Waals surface area (Å²) in [6.07, 6.45) is 8.07. The third kappa shape index (κ3) is 11.8. The van der Waals surface area contributed by atoms with Crippen LogP contribution >= 0.6 is 0 Å². The number of nitrogens with zero attached hydrogens (tertiary/aromatic N) is 1. The number of unbranched alkanes of at least 4 members (excludes halogenated alkanes) is 2. The van der Waals surface area contributed by atoms with Gasteiger partial charge in [0.25, 0.3) is 0 Å². The van der Waals surface area contributed by atoms with Crippen molar-refractivity contribution in [3.63, 3.8) is 0 Å². The molecule has 3 atom stereocenters. The van der Waals surface area contributed by atoms with Crippen molar-refractivity contribution >= 4 is 11.9 Å². The molecule has 0 aromatic rings. The average molecular weight is 366 g/mol. The molecule has 6 nitrogen and oxygen atoms in total. The number of carbonyl (C=O) groups excluding carboxylic acids is 1. The van der Waals surface area contributed by atoms with Crippen molar-refractivity contribution in [1.29, 1.82) is 0 Å². The first-order valence-electron chi connectivity index (χ1n) is 8.82. The molecule has 0 aromatic carbocycles. The number of carboxylic acids is 2. The topological polar surface area (TPSA) is 97.7 Å². The Bertz CT molecular complexity index is 392. The maximum atomic E-state index is 11.2. The van der Waals surface area contributed by atoms with E-state index in [0.29, 0.717) is 24.1 Å². The van der Waals surface area contributed by atoms with Crippen LogP contribution in [0.1, 0.15) is 46.5 Å². The maximum absolute atomic E-state index is 11.2. The largest absolute Gasteiger partial charge is 1.00 e. The maximum Gasteiger partial charge on any atom is 1.00 e. The van der Waals surface area contributed by atoms with Gasteiger partial charge in [-0.1, -0.05) is 32.4 Å². The number of allylic oxidation sites excluding steroid dienone is 2. The van der Waals surface area contributed by atoms with Gasteiger partial charge in [0, 0.05) is 18.3 Å². The van der Waals surface area contributed by atoms with Crippen LogP contribution in [-0.4, -0.2) is 59.4 Å². The smallest absolute Gasteiger partial charge is 0.550 e. The zero-order valence-electron chi connectivity index (χ0n) is 16.2. The number of aliphatic carboxylic acids is 2. The van der Waals surface area contributed by atoms with E-state index in [2.05, 4.69) is 19.1 Å². The molecule has 0 heterocycles. The van der Waals surface area contributed by atoms with Crippen LogP contribution in [0, 0.1) is 11.8 Å². The summed E-state index contributed by atoms with van der Waals surface area (Å²) in [4.78, 5) is 22.4. The van der Waals surface area contributed by atoms with E-state index in [9.17, 15) is 24.9 Å². The molecule has 25 heavy (non-hydrogen) atoms. The zero-order chi connectivity index (χ0) is 18.6. The molecule has 0 amide bonds. The Kier molecular flexibility index (Phi) is 15.8. The van der Waals surface area contributed by atoms with Gasteiger partial charge in [0.15, 0.2) is 0 Å². The van der Waals surface area contributed by atoms with E-state index >= 15 is 0 Å². The van der Waals surface area contributed by atoms with Gasteiger partial charge in [-0.15, -0.1) is 0 Å². The van der Waals surface area contributed by atoms with Crippen LogP contribution in [0.3, 0.4) is 0 Å². The van der Waals surface area contributed by atoms with E-state index in [4.69, 9.17) is 0 Å². The molecule has 140 valence electrons. The molecule has 0 radical (unpaired) electrons. The molecule has 0 aromatic heterocycles. The monoisotopic (exact) mass is 366 g/mol. The minimum atomic E-state index is -1.14. The number of quaternary nitrogens is 1. The zero-order valence-corrected chi connectivity index (χ0v) is 18.2. The van der Waals surface area contributed by atoms with Gasteiger partial charge in [0.05, 0.1) is 26.2 Å². The molecule has 0 aliphatic carbocycles. The van der Waals surface area contributed by atoms with E-state index in [1.807, 2.05) is 0 Å². The molecular formula is C18H33NNaO5+. The van der Waals surface area contributed by atoms with Crippen molar-refractivity contribution < 1.29 is 58.9 Å². The molecule has 0 saturated carbocycles. The van der Waals surface area contributed by atoms with Crippen molar-refractivity contribution in [2.45, 2.75) is 46.5 Å². The van der Waals surface area contributed by atoms with Crippen LogP contribution in [0.5, 0.6) is 0 Å². The predicted octanol–water partition coefficient (Wildman–Crippen LogP) is -1.96. The van der Waals surface area contributed by atoms with Crippen LogP contribution in [0.2, 0.25) is 0 Å². The first-order chi connectivity index (χ1) is 11.3. The van der Waals surface area contributed by atoms with Gasteiger partial charge in [0.2, 0.25) is 0 Å². The average Bonchev–Trinajstić information content (AvgIpc) is 2.50. The second-order valence-electron chi connectivity index (χ2n) is 6.74. The van der Waals surface area contributed by atoms with Crippen LogP contribution in [0.25, 0.3) is 0 Å². The predicted molar refractivity (Wildman–Crippen MR) is 91.1 cm³/mol. The minimum absolute atomic E-state index is 0. The minimum Gasteiger partial charge on any atom is -0.550 e. The standard InChI is InChI=1S/C18H33NO5.Na/c1-4-5-6-7-8-9-10-19(11-12-20,13-15(2)17(21)22)14-16(3)18(23)24;/h6-7,15-16,20H,4-5,8-14H2,1-3H3,(H-,21,22,23,24);/q;+1/b7-6+;. The van der Waals surface area contributed by atoms with Gasteiger partial charge < -0.3 is 24.6 Å². The molecule has 0 saturated heterocycles.